The van der Waals surface area contributed by atoms with Crippen molar-refractivity contribution in [3.8, 4) is 0 Å². The quantitative estimate of drug-likeness (QED) is 0.504. The molecule has 1 aliphatic heterocycles. The minimum Gasteiger partial charge on any atom is -0.468 e. The van der Waals surface area contributed by atoms with E-state index in [1.807, 2.05) is 37.3 Å². The summed E-state index contributed by atoms with van der Waals surface area (Å²) >= 11 is 12.4. The first-order chi connectivity index (χ1) is 13.9. The summed E-state index contributed by atoms with van der Waals surface area (Å²) in [5.74, 6) is -1.77. The summed E-state index contributed by atoms with van der Waals surface area (Å²) in [7, 11) is 1.31. The van der Waals surface area contributed by atoms with Gasteiger partial charge in [-0.25, -0.2) is 0 Å². The van der Waals surface area contributed by atoms with Gasteiger partial charge >= 0.3 is 5.97 Å². The molecule has 0 bridgehead atoms. The van der Waals surface area contributed by atoms with E-state index in [4.69, 9.17) is 27.9 Å². The number of ketones is 1. The monoisotopic (exact) mass is 430 g/mol. The molecule has 5 nitrogen and oxygen atoms in total. The maximum Gasteiger partial charge on any atom is 0.316 e. The Labute approximate surface area is 179 Å². The first kappa shape index (κ1) is 19.8. The number of esters is 1. The molecule has 0 fully saturated rings. The van der Waals surface area contributed by atoms with Crippen LogP contribution in [0.15, 0.2) is 53.7 Å². The molecule has 7 heteroatoms. The third kappa shape index (κ3) is 3.49. The lowest BCUT2D eigenvalue weighted by Gasteiger charge is -2.32. The van der Waals surface area contributed by atoms with Crippen molar-refractivity contribution in [2.24, 2.45) is 11.8 Å². The number of fused-ring (bicyclic) bond motifs is 1. The van der Waals surface area contributed by atoms with E-state index in [2.05, 4.69) is 10.6 Å². The summed E-state index contributed by atoms with van der Waals surface area (Å²) in [6.45, 7) is 1.89. The van der Waals surface area contributed by atoms with Crippen molar-refractivity contribution >= 4 is 46.3 Å². The molecule has 1 aliphatic carbocycles. The molecule has 2 aromatic rings. The molecule has 29 heavy (non-hydrogen) atoms. The van der Waals surface area contributed by atoms with Gasteiger partial charge in [-0.1, -0.05) is 48.3 Å². The van der Waals surface area contributed by atoms with Gasteiger partial charge in [0.15, 0.2) is 5.78 Å². The second kappa shape index (κ2) is 7.73. The van der Waals surface area contributed by atoms with Gasteiger partial charge in [0.05, 0.1) is 34.6 Å². The number of hydrogen-bond donors (Lipinski definition) is 2. The standard InChI is InChI=1S/C22H20Cl2N2O3/c1-11-9-17-19(21(27)18(11)22(28)29-2)20(12-7-8-13(23)14(24)10-12)26-16-6-4-3-5-15(16)25-17/h3-8,10-11,18,20,25-26H,9H2,1-2H3/t11-,18-,20+/m0/s1. The van der Waals surface area contributed by atoms with Crippen LogP contribution >= 0.6 is 23.2 Å². The van der Waals surface area contributed by atoms with Crippen LogP contribution in [0.4, 0.5) is 11.4 Å². The fourth-order valence-electron chi connectivity index (χ4n) is 4.08. The van der Waals surface area contributed by atoms with Crippen LogP contribution < -0.4 is 10.6 Å². The molecule has 2 aliphatic rings. The van der Waals surface area contributed by atoms with Gasteiger partial charge < -0.3 is 15.4 Å². The summed E-state index contributed by atoms with van der Waals surface area (Å²) in [5, 5.41) is 7.70. The number of carbonyl (C=O) groups excluding carboxylic acids is 2. The van der Waals surface area contributed by atoms with Crippen molar-refractivity contribution in [1.82, 2.24) is 0 Å². The number of nitrogens with one attached hydrogen (secondary N) is 2. The van der Waals surface area contributed by atoms with E-state index >= 15 is 0 Å². The molecule has 0 saturated carbocycles. The number of hydrogen-bond acceptors (Lipinski definition) is 5. The Balaban J connectivity index is 1.89. The molecule has 3 atom stereocenters. The Kier molecular flexibility index (Phi) is 5.28. The van der Waals surface area contributed by atoms with Crippen LogP contribution in [0.1, 0.15) is 24.9 Å². The molecule has 0 spiro atoms. The number of halogens is 2. The van der Waals surface area contributed by atoms with Crippen molar-refractivity contribution < 1.29 is 14.3 Å². The van der Waals surface area contributed by atoms with E-state index in [-0.39, 0.29) is 11.7 Å². The molecule has 150 valence electrons. The highest BCUT2D eigenvalue weighted by Crippen LogP contribution is 2.44. The van der Waals surface area contributed by atoms with Crippen LogP contribution in [0.2, 0.25) is 10.0 Å². The second-order valence-electron chi connectivity index (χ2n) is 7.36. The molecule has 0 aromatic heterocycles. The van der Waals surface area contributed by atoms with Gasteiger partial charge in [-0.15, -0.1) is 0 Å². The van der Waals surface area contributed by atoms with E-state index in [0.29, 0.717) is 22.0 Å². The second-order valence-corrected chi connectivity index (χ2v) is 8.17. The van der Waals surface area contributed by atoms with Crippen molar-refractivity contribution in [2.45, 2.75) is 19.4 Å². The molecule has 0 amide bonds. The predicted octanol–water partition coefficient (Wildman–Crippen LogP) is 5.22. The van der Waals surface area contributed by atoms with Gasteiger partial charge in [0.25, 0.3) is 0 Å². The maximum atomic E-state index is 13.5. The molecule has 0 unspecified atom stereocenters. The fourth-order valence-corrected chi connectivity index (χ4v) is 4.38. The number of rotatable bonds is 2. The van der Waals surface area contributed by atoms with Gasteiger partial charge in [0.1, 0.15) is 5.92 Å². The van der Waals surface area contributed by atoms with E-state index in [1.54, 1.807) is 12.1 Å². The minimum absolute atomic E-state index is 0.180. The number of ether oxygens (including phenoxy) is 1. The van der Waals surface area contributed by atoms with Crippen LogP contribution in [0, 0.1) is 11.8 Å². The fraction of sp³-hybridized carbons (Fsp3) is 0.273. The zero-order valence-corrected chi connectivity index (χ0v) is 17.5. The topological polar surface area (TPSA) is 67.4 Å². The van der Waals surface area contributed by atoms with Crippen molar-refractivity contribution in [3.05, 3.63) is 69.3 Å². The smallest absolute Gasteiger partial charge is 0.316 e. The van der Waals surface area contributed by atoms with E-state index in [0.717, 1.165) is 22.6 Å². The number of benzene rings is 2. The third-order valence-electron chi connectivity index (χ3n) is 5.50. The molecule has 2 N–H and O–H groups in total. The van der Waals surface area contributed by atoms with Gasteiger partial charge in [0, 0.05) is 11.3 Å². The predicted molar refractivity (Wildman–Crippen MR) is 114 cm³/mol. The van der Waals surface area contributed by atoms with Gasteiger partial charge in [-0.2, -0.15) is 0 Å². The molecule has 0 saturated heterocycles. The molecule has 2 aromatic carbocycles. The van der Waals surface area contributed by atoms with Gasteiger partial charge in [-0.05, 0) is 42.2 Å². The highest BCUT2D eigenvalue weighted by atomic mass is 35.5. The average molecular weight is 431 g/mol. The Morgan fingerprint density at radius 1 is 1.10 bits per heavy atom. The number of para-hydroxylation sites is 2. The number of Topliss-reactive ketones (excluding diaryl/α,β-unsaturated/α-hetero) is 1. The van der Waals surface area contributed by atoms with Crippen LogP contribution in [0.5, 0.6) is 0 Å². The van der Waals surface area contributed by atoms with E-state index in [9.17, 15) is 9.59 Å². The van der Waals surface area contributed by atoms with Crippen molar-refractivity contribution in [3.63, 3.8) is 0 Å². The Bertz CT molecular complexity index is 1030. The first-order valence-corrected chi connectivity index (χ1v) is 10.1. The normalized spacial score (nSPS) is 23.3. The number of methoxy groups -OCH3 is 1. The molecule has 4 rings (SSSR count). The Morgan fingerprint density at radius 2 is 1.83 bits per heavy atom. The number of allylic oxidation sites excluding steroid dienone is 1. The van der Waals surface area contributed by atoms with Gasteiger partial charge in [0.2, 0.25) is 0 Å². The third-order valence-corrected chi connectivity index (χ3v) is 6.24. The summed E-state index contributed by atoms with van der Waals surface area (Å²) in [6.07, 6.45) is 0.550. The number of anilines is 2. The molecule has 0 radical (unpaired) electrons. The van der Waals surface area contributed by atoms with Crippen LogP contribution in [0.3, 0.4) is 0 Å². The summed E-state index contributed by atoms with van der Waals surface area (Å²) < 4.78 is 4.92. The zero-order chi connectivity index (χ0) is 20.7. The summed E-state index contributed by atoms with van der Waals surface area (Å²) in [4.78, 5) is 25.9. The van der Waals surface area contributed by atoms with E-state index in [1.165, 1.54) is 7.11 Å². The molecular formula is C22H20Cl2N2O3. The van der Waals surface area contributed by atoms with Crippen molar-refractivity contribution in [1.29, 1.82) is 0 Å². The summed E-state index contributed by atoms with van der Waals surface area (Å²) in [6, 6.07) is 12.6. The van der Waals surface area contributed by atoms with Gasteiger partial charge in [-0.3, -0.25) is 9.59 Å². The number of carbonyl (C=O) groups is 2. The molecular weight excluding hydrogens is 411 g/mol. The average Bonchev–Trinajstić information content (AvgIpc) is 2.86. The SMILES string of the molecule is COC(=O)[C@@H]1C(=O)C2=C(C[C@@H]1C)Nc1ccccc1N[C@@H]2c1ccc(Cl)c(Cl)c1. The minimum atomic E-state index is -0.839. The lowest BCUT2D eigenvalue weighted by molar-refractivity contribution is -0.151. The van der Waals surface area contributed by atoms with E-state index < -0.39 is 17.9 Å². The lowest BCUT2D eigenvalue weighted by Crippen LogP contribution is -2.39. The zero-order valence-electron chi connectivity index (χ0n) is 16.0. The molecule has 1 heterocycles. The van der Waals surface area contributed by atoms with Crippen LogP contribution in [-0.4, -0.2) is 18.9 Å². The first-order valence-electron chi connectivity index (χ1n) is 9.33. The largest absolute Gasteiger partial charge is 0.468 e. The Morgan fingerprint density at radius 3 is 2.52 bits per heavy atom. The lowest BCUT2D eigenvalue weighted by atomic mass is 9.75. The Hall–Kier alpha value is -2.50. The maximum absolute atomic E-state index is 13.5. The summed E-state index contributed by atoms with van der Waals surface area (Å²) in [5.41, 5.74) is 3.84. The highest BCUT2D eigenvalue weighted by molar-refractivity contribution is 6.42. The van der Waals surface area contributed by atoms with Crippen LogP contribution in [0.25, 0.3) is 0 Å². The van der Waals surface area contributed by atoms with Crippen molar-refractivity contribution in [2.75, 3.05) is 17.7 Å². The van der Waals surface area contributed by atoms with Crippen LogP contribution in [-0.2, 0) is 14.3 Å². The highest BCUT2D eigenvalue weighted by Gasteiger charge is 2.44.